The maximum atomic E-state index is 11.0. The first-order valence-electron chi connectivity index (χ1n) is 6.89. The molecule has 0 bridgehead atoms. The number of aromatic carboxylic acids is 1. The molecule has 0 radical (unpaired) electrons. The fourth-order valence-corrected chi connectivity index (χ4v) is 3.02. The zero-order valence-corrected chi connectivity index (χ0v) is 11.7. The molecule has 5 nitrogen and oxygen atoms in total. The van der Waals surface area contributed by atoms with E-state index in [9.17, 15) is 4.79 Å². The topological polar surface area (TPSA) is 64.3 Å². The van der Waals surface area contributed by atoms with Gasteiger partial charge < -0.3 is 14.4 Å². The quantitative estimate of drug-likeness (QED) is 0.914. The Bertz CT molecular complexity index is 662. The van der Waals surface area contributed by atoms with Crippen LogP contribution in [0.3, 0.4) is 0 Å². The molecule has 20 heavy (non-hydrogen) atoms. The zero-order chi connectivity index (χ0) is 14.3. The Labute approximate surface area is 117 Å². The van der Waals surface area contributed by atoms with Crippen LogP contribution in [0.15, 0.2) is 18.2 Å². The average Bonchev–Trinajstić information content (AvgIpc) is 2.73. The third-order valence-electron chi connectivity index (χ3n) is 3.94. The minimum absolute atomic E-state index is 0.254. The Kier molecular flexibility index (Phi) is 3.22. The van der Waals surface area contributed by atoms with E-state index in [0.29, 0.717) is 6.04 Å². The molecule has 1 aromatic heterocycles. The number of carboxylic acids is 1. The molecule has 106 valence electrons. The highest BCUT2D eigenvalue weighted by molar-refractivity contribution is 5.92. The van der Waals surface area contributed by atoms with Crippen LogP contribution in [-0.2, 0) is 4.74 Å². The van der Waals surface area contributed by atoms with Gasteiger partial charge in [0.25, 0.3) is 0 Å². The van der Waals surface area contributed by atoms with E-state index in [2.05, 4.69) is 16.5 Å². The van der Waals surface area contributed by atoms with Gasteiger partial charge in [-0.1, -0.05) is 0 Å². The number of imidazole rings is 1. The number of aromatic nitrogens is 2. The van der Waals surface area contributed by atoms with Crippen LogP contribution in [0.4, 0.5) is 0 Å². The summed E-state index contributed by atoms with van der Waals surface area (Å²) in [6.07, 6.45) is 2.19. The fraction of sp³-hybridized carbons (Fsp3) is 0.467. The van der Waals surface area contributed by atoms with E-state index in [-0.39, 0.29) is 11.7 Å². The molecule has 2 heterocycles. The van der Waals surface area contributed by atoms with Crippen LogP contribution >= 0.6 is 0 Å². The summed E-state index contributed by atoms with van der Waals surface area (Å²) in [5, 5.41) is 9.05. The van der Waals surface area contributed by atoms with E-state index in [0.717, 1.165) is 36.3 Å². The molecule has 5 heteroatoms. The van der Waals surface area contributed by atoms with Gasteiger partial charge >= 0.3 is 5.97 Å². The molecular weight excluding hydrogens is 256 g/mol. The summed E-state index contributed by atoms with van der Waals surface area (Å²) in [4.78, 5) is 15.5. The molecular formula is C15H18N2O3. The summed E-state index contributed by atoms with van der Waals surface area (Å²) in [6.45, 7) is 4.82. The van der Waals surface area contributed by atoms with Crippen LogP contribution < -0.4 is 0 Å². The van der Waals surface area contributed by atoms with Gasteiger partial charge in [-0.2, -0.15) is 0 Å². The second-order valence-electron chi connectivity index (χ2n) is 5.40. The standard InChI is InChI=1S/C15H18N2O3/c1-9-7-12(5-6-20-9)17-10(2)16-13-8-11(15(18)19)3-4-14(13)17/h3-4,8-9,12H,5-7H2,1-2H3,(H,18,19). The number of hydrogen-bond acceptors (Lipinski definition) is 3. The van der Waals surface area contributed by atoms with Gasteiger partial charge in [-0.25, -0.2) is 9.78 Å². The van der Waals surface area contributed by atoms with Gasteiger partial charge in [-0.05, 0) is 44.9 Å². The highest BCUT2D eigenvalue weighted by atomic mass is 16.5. The lowest BCUT2D eigenvalue weighted by molar-refractivity contribution is 0.00637. The lowest BCUT2D eigenvalue weighted by Crippen LogP contribution is -2.26. The molecule has 0 saturated carbocycles. The lowest BCUT2D eigenvalue weighted by Gasteiger charge is -2.29. The van der Waals surface area contributed by atoms with Gasteiger partial charge in [0, 0.05) is 12.6 Å². The van der Waals surface area contributed by atoms with Crippen molar-refractivity contribution in [3.05, 3.63) is 29.6 Å². The Balaban J connectivity index is 2.06. The average molecular weight is 274 g/mol. The molecule has 3 rings (SSSR count). The van der Waals surface area contributed by atoms with Crippen molar-refractivity contribution < 1.29 is 14.6 Å². The second-order valence-corrected chi connectivity index (χ2v) is 5.40. The van der Waals surface area contributed by atoms with Gasteiger partial charge in [0.15, 0.2) is 0 Å². The molecule has 2 atom stereocenters. The van der Waals surface area contributed by atoms with Gasteiger partial charge in [0.05, 0.1) is 22.7 Å². The number of fused-ring (bicyclic) bond motifs is 1. The van der Waals surface area contributed by atoms with Crippen molar-refractivity contribution in [3.63, 3.8) is 0 Å². The summed E-state index contributed by atoms with van der Waals surface area (Å²) < 4.78 is 7.82. The van der Waals surface area contributed by atoms with E-state index in [4.69, 9.17) is 9.84 Å². The van der Waals surface area contributed by atoms with Crippen LogP contribution in [0.1, 0.15) is 42.0 Å². The summed E-state index contributed by atoms with van der Waals surface area (Å²) in [5.74, 6) is 0.0143. The highest BCUT2D eigenvalue weighted by Crippen LogP contribution is 2.30. The minimum Gasteiger partial charge on any atom is -0.478 e. The minimum atomic E-state index is -0.918. The molecule has 1 aliphatic rings. The van der Waals surface area contributed by atoms with Gasteiger partial charge in [0.1, 0.15) is 5.82 Å². The first kappa shape index (κ1) is 13.1. The van der Waals surface area contributed by atoms with E-state index >= 15 is 0 Å². The highest BCUT2D eigenvalue weighted by Gasteiger charge is 2.24. The largest absolute Gasteiger partial charge is 0.478 e. The van der Waals surface area contributed by atoms with Crippen LogP contribution in [0, 0.1) is 6.92 Å². The van der Waals surface area contributed by atoms with Crippen LogP contribution in [0.5, 0.6) is 0 Å². The molecule has 0 amide bonds. The first-order valence-corrected chi connectivity index (χ1v) is 6.89. The molecule has 2 unspecified atom stereocenters. The predicted octanol–water partition coefficient (Wildman–Crippen LogP) is 2.78. The summed E-state index contributed by atoms with van der Waals surface area (Å²) in [7, 11) is 0. The monoisotopic (exact) mass is 274 g/mol. The van der Waals surface area contributed by atoms with Crippen LogP contribution in [0.25, 0.3) is 11.0 Å². The van der Waals surface area contributed by atoms with E-state index in [1.165, 1.54) is 0 Å². The van der Waals surface area contributed by atoms with Crippen molar-refractivity contribution in [3.8, 4) is 0 Å². The number of carbonyl (C=O) groups is 1. The van der Waals surface area contributed by atoms with Crippen molar-refractivity contribution >= 4 is 17.0 Å². The van der Waals surface area contributed by atoms with E-state index in [1.807, 2.05) is 13.0 Å². The van der Waals surface area contributed by atoms with Gasteiger partial charge in [0.2, 0.25) is 0 Å². The van der Waals surface area contributed by atoms with Crippen molar-refractivity contribution in [2.75, 3.05) is 6.61 Å². The number of aryl methyl sites for hydroxylation is 1. The first-order chi connectivity index (χ1) is 9.56. The number of carboxylic acid groups (broad SMARTS) is 1. The third-order valence-corrected chi connectivity index (χ3v) is 3.94. The molecule has 0 aliphatic carbocycles. The van der Waals surface area contributed by atoms with Gasteiger partial charge in [-0.3, -0.25) is 0 Å². The summed E-state index contributed by atoms with van der Waals surface area (Å²) in [6, 6.07) is 5.52. The normalized spacial score (nSPS) is 23.1. The maximum absolute atomic E-state index is 11.0. The summed E-state index contributed by atoms with van der Waals surface area (Å²) in [5.41, 5.74) is 2.04. The lowest BCUT2D eigenvalue weighted by atomic mass is 10.0. The van der Waals surface area contributed by atoms with Crippen molar-refractivity contribution in [2.24, 2.45) is 0 Å². The molecule has 1 fully saturated rings. The third kappa shape index (κ3) is 2.18. The Morgan fingerprint density at radius 3 is 3.00 bits per heavy atom. The molecule has 0 spiro atoms. The number of ether oxygens (including phenoxy) is 1. The number of benzene rings is 1. The van der Waals surface area contributed by atoms with Crippen molar-refractivity contribution in [1.29, 1.82) is 0 Å². The smallest absolute Gasteiger partial charge is 0.335 e. The van der Waals surface area contributed by atoms with Crippen LogP contribution in [-0.4, -0.2) is 33.3 Å². The number of rotatable bonds is 2. The van der Waals surface area contributed by atoms with Crippen molar-refractivity contribution in [2.45, 2.75) is 38.8 Å². The summed E-state index contributed by atoms with van der Waals surface area (Å²) >= 11 is 0. The predicted molar refractivity (Wildman–Crippen MR) is 75.1 cm³/mol. The van der Waals surface area contributed by atoms with Gasteiger partial charge in [-0.15, -0.1) is 0 Å². The second kappa shape index (κ2) is 4.90. The Morgan fingerprint density at radius 2 is 2.30 bits per heavy atom. The van der Waals surface area contributed by atoms with E-state index in [1.54, 1.807) is 12.1 Å². The molecule has 1 N–H and O–H groups in total. The van der Waals surface area contributed by atoms with Crippen molar-refractivity contribution in [1.82, 2.24) is 9.55 Å². The molecule has 1 saturated heterocycles. The number of hydrogen-bond donors (Lipinski definition) is 1. The molecule has 1 aromatic carbocycles. The maximum Gasteiger partial charge on any atom is 0.335 e. The fourth-order valence-electron chi connectivity index (χ4n) is 3.02. The van der Waals surface area contributed by atoms with Crippen LogP contribution in [0.2, 0.25) is 0 Å². The Hall–Kier alpha value is -1.88. The SMILES string of the molecule is Cc1nc2cc(C(=O)O)ccc2n1C1CCOC(C)C1. The molecule has 1 aliphatic heterocycles. The number of nitrogens with zero attached hydrogens (tertiary/aromatic N) is 2. The molecule has 2 aromatic rings. The van der Waals surface area contributed by atoms with E-state index < -0.39 is 5.97 Å². The Morgan fingerprint density at radius 1 is 1.50 bits per heavy atom. The zero-order valence-electron chi connectivity index (χ0n) is 11.7.